The van der Waals surface area contributed by atoms with Gasteiger partial charge in [-0.1, -0.05) is 54.1 Å². The van der Waals surface area contributed by atoms with Crippen molar-refractivity contribution in [1.29, 1.82) is 0 Å². The van der Waals surface area contributed by atoms with Gasteiger partial charge in [0, 0.05) is 22.7 Å². The van der Waals surface area contributed by atoms with E-state index in [0.29, 0.717) is 24.5 Å². The van der Waals surface area contributed by atoms with E-state index in [1.54, 1.807) is 12.1 Å². The minimum Gasteiger partial charge on any atom is -0.492 e. The zero-order valence-electron chi connectivity index (χ0n) is 25.3. The number of likely N-dealkylation sites (N-methyl/N-ethyl adjacent to an activating group) is 1. The third-order valence-corrected chi connectivity index (χ3v) is 9.60. The molecule has 4 aromatic rings. The largest absolute Gasteiger partial charge is 0.492 e. The van der Waals surface area contributed by atoms with Gasteiger partial charge in [-0.25, -0.2) is 4.79 Å². The Labute approximate surface area is 264 Å². The fraction of sp³-hybridized carbons (Fsp3) is 0.324. The van der Waals surface area contributed by atoms with Crippen LogP contribution < -0.4 is 14.8 Å². The maximum absolute atomic E-state index is 12.9. The SMILES string of the molecule is CN(C)CCOc1ccc2c(c1)C1(CCC(Nc3cccc(Cl)c3)(C(=O)O)CC1)C(c1cccc(Oc3ccccc3)c1)C2. The lowest BCUT2D eigenvalue weighted by atomic mass is 9.59. The highest BCUT2D eigenvalue weighted by atomic mass is 35.5. The fourth-order valence-corrected chi connectivity index (χ4v) is 7.26. The van der Waals surface area contributed by atoms with Gasteiger partial charge in [-0.05, 0) is 123 Å². The summed E-state index contributed by atoms with van der Waals surface area (Å²) in [6, 6.07) is 32.0. The van der Waals surface area contributed by atoms with E-state index in [1.807, 2.05) is 62.6 Å². The molecule has 0 radical (unpaired) electrons. The summed E-state index contributed by atoms with van der Waals surface area (Å²) in [5.74, 6) is 1.79. The molecular formula is C37H39ClN2O4. The van der Waals surface area contributed by atoms with Crippen molar-refractivity contribution in [3.63, 3.8) is 0 Å². The number of carbonyl (C=O) groups is 1. The molecule has 0 heterocycles. The molecule has 6 nitrogen and oxygen atoms in total. The third-order valence-electron chi connectivity index (χ3n) is 9.37. The van der Waals surface area contributed by atoms with Gasteiger partial charge in [-0.15, -0.1) is 0 Å². The second-order valence-corrected chi connectivity index (χ2v) is 12.8. The van der Waals surface area contributed by atoms with E-state index in [9.17, 15) is 9.90 Å². The van der Waals surface area contributed by atoms with Crippen LogP contribution in [0, 0.1) is 0 Å². The molecule has 0 saturated heterocycles. The average molecular weight is 611 g/mol. The average Bonchev–Trinajstić information content (AvgIpc) is 3.32. The summed E-state index contributed by atoms with van der Waals surface area (Å²) < 4.78 is 12.4. The molecule has 1 saturated carbocycles. The standard InChI is InChI=1S/C37H39ClN2O4/c1-40(2)20-21-43-31-15-14-27-23-33(26-8-6-13-32(22-26)44-30-11-4-3-5-12-30)36(34(27)25-31)16-18-37(19-17-36,35(41)42)39-29-10-7-9-28(38)24-29/h3-15,22,24-25,33,39H,16-21,23H2,1-2H3,(H,41,42). The van der Waals surface area contributed by atoms with Crippen molar-refractivity contribution >= 4 is 23.3 Å². The normalized spacial score (nSPS) is 22.5. The first kappa shape index (κ1) is 30.0. The molecule has 2 aliphatic carbocycles. The quantitative estimate of drug-likeness (QED) is 0.189. The lowest BCUT2D eigenvalue weighted by molar-refractivity contribution is -0.144. The smallest absolute Gasteiger partial charge is 0.329 e. The molecule has 0 aliphatic heterocycles. The molecule has 2 aliphatic rings. The van der Waals surface area contributed by atoms with Crippen molar-refractivity contribution in [2.24, 2.45) is 0 Å². The highest BCUT2D eigenvalue weighted by molar-refractivity contribution is 6.30. The third kappa shape index (κ3) is 6.15. The number of ether oxygens (including phenoxy) is 2. The number of rotatable bonds is 10. The molecule has 0 amide bonds. The van der Waals surface area contributed by atoms with Crippen molar-refractivity contribution < 1.29 is 19.4 Å². The van der Waals surface area contributed by atoms with E-state index in [1.165, 1.54) is 16.7 Å². The van der Waals surface area contributed by atoms with E-state index < -0.39 is 11.5 Å². The Hall–Kier alpha value is -4.00. The number of nitrogens with zero attached hydrogens (tertiary/aromatic N) is 1. The van der Waals surface area contributed by atoms with E-state index in [0.717, 1.165) is 48.7 Å². The van der Waals surface area contributed by atoms with Crippen LogP contribution in [-0.2, 0) is 16.6 Å². The van der Waals surface area contributed by atoms with Crippen LogP contribution in [0.15, 0.2) is 97.1 Å². The van der Waals surface area contributed by atoms with Gasteiger partial charge in [-0.3, -0.25) is 0 Å². The number of nitrogens with one attached hydrogen (secondary N) is 1. The number of hydrogen-bond donors (Lipinski definition) is 2. The summed E-state index contributed by atoms with van der Waals surface area (Å²) in [7, 11) is 4.07. The number of carboxylic acid groups (broad SMARTS) is 1. The Bertz CT molecular complexity index is 1620. The molecule has 4 aromatic carbocycles. The van der Waals surface area contributed by atoms with E-state index >= 15 is 0 Å². The van der Waals surface area contributed by atoms with Crippen LogP contribution in [0.3, 0.4) is 0 Å². The van der Waals surface area contributed by atoms with Crippen LogP contribution in [0.4, 0.5) is 5.69 Å². The van der Waals surface area contributed by atoms with Crippen molar-refractivity contribution in [2.75, 3.05) is 32.6 Å². The van der Waals surface area contributed by atoms with Gasteiger partial charge in [0.05, 0.1) is 0 Å². The van der Waals surface area contributed by atoms with Crippen molar-refractivity contribution in [3.05, 3.63) is 119 Å². The molecule has 7 heteroatoms. The highest BCUT2D eigenvalue weighted by Crippen LogP contribution is 2.58. The van der Waals surface area contributed by atoms with Crippen molar-refractivity contribution in [1.82, 2.24) is 4.90 Å². The number of fused-ring (bicyclic) bond motifs is 2. The second-order valence-electron chi connectivity index (χ2n) is 12.4. The molecule has 1 atom stereocenters. The molecule has 1 spiro atoms. The summed E-state index contributed by atoms with van der Waals surface area (Å²) in [5.41, 5.74) is 3.19. The Kier molecular flexibility index (Phi) is 8.57. The number of anilines is 1. The summed E-state index contributed by atoms with van der Waals surface area (Å²) in [4.78, 5) is 15.0. The first-order valence-electron chi connectivity index (χ1n) is 15.3. The Balaban J connectivity index is 1.34. The van der Waals surface area contributed by atoms with Gasteiger partial charge in [-0.2, -0.15) is 0 Å². The summed E-state index contributed by atoms with van der Waals surface area (Å²) in [5, 5.41) is 14.5. The summed E-state index contributed by atoms with van der Waals surface area (Å²) >= 11 is 6.25. The molecule has 1 unspecified atom stereocenters. The van der Waals surface area contributed by atoms with Gasteiger partial charge >= 0.3 is 5.97 Å². The zero-order valence-corrected chi connectivity index (χ0v) is 26.0. The lowest BCUT2D eigenvalue weighted by Gasteiger charge is -2.47. The number of aliphatic carboxylic acids is 1. The maximum atomic E-state index is 12.9. The van der Waals surface area contributed by atoms with Crippen LogP contribution in [0.25, 0.3) is 0 Å². The van der Waals surface area contributed by atoms with E-state index in [-0.39, 0.29) is 11.3 Å². The predicted molar refractivity (Wildman–Crippen MR) is 175 cm³/mol. The molecule has 6 rings (SSSR count). The highest BCUT2D eigenvalue weighted by Gasteiger charge is 2.54. The van der Waals surface area contributed by atoms with E-state index in [2.05, 4.69) is 46.6 Å². The monoisotopic (exact) mass is 610 g/mol. The molecular weight excluding hydrogens is 572 g/mol. The van der Waals surface area contributed by atoms with E-state index in [4.69, 9.17) is 21.1 Å². The zero-order chi connectivity index (χ0) is 30.7. The van der Waals surface area contributed by atoms with Gasteiger partial charge < -0.3 is 24.8 Å². The minimum absolute atomic E-state index is 0.173. The van der Waals surface area contributed by atoms with Crippen LogP contribution in [-0.4, -0.2) is 48.8 Å². The predicted octanol–water partition coefficient (Wildman–Crippen LogP) is 8.16. The molecule has 1 fully saturated rings. The fourth-order valence-electron chi connectivity index (χ4n) is 7.07. The summed E-state index contributed by atoms with van der Waals surface area (Å²) in [6.45, 7) is 1.43. The van der Waals surface area contributed by atoms with Gasteiger partial charge in [0.1, 0.15) is 29.4 Å². The topological polar surface area (TPSA) is 71.0 Å². The lowest BCUT2D eigenvalue weighted by Crippen LogP contribution is -2.52. The van der Waals surface area contributed by atoms with Crippen molar-refractivity contribution in [3.8, 4) is 17.2 Å². The van der Waals surface area contributed by atoms with Crippen molar-refractivity contribution in [2.45, 2.75) is 49.0 Å². The Morgan fingerprint density at radius 2 is 1.64 bits per heavy atom. The van der Waals surface area contributed by atoms with Crippen LogP contribution in [0.1, 0.15) is 48.3 Å². The molecule has 228 valence electrons. The molecule has 0 aromatic heterocycles. The van der Waals surface area contributed by atoms with Gasteiger partial charge in [0.2, 0.25) is 0 Å². The molecule has 44 heavy (non-hydrogen) atoms. The number of halogens is 1. The summed E-state index contributed by atoms with van der Waals surface area (Å²) in [6.07, 6.45) is 3.28. The number of hydrogen-bond acceptors (Lipinski definition) is 5. The Morgan fingerprint density at radius 1 is 0.886 bits per heavy atom. The van der Waals surface area contributed by atoms with Crippen LogP contribution >= 0.6 is 11.6 Å². The maximum Gasteiger partial charge on any atom is 0.329 e. The number of carboxylic acids is 1. The van der Waals surface area contributed by atoms with Crippen LogP contribution in [0.2, 0.25) is 5.02 Å². The molecule has 2 N–H and O–H groups in total. The first-order chi connectivity index (χ1) is 21.3. The second kappa shape index (κ2) is 12.5. The van der Waals surface area contributed by atoms with Gasteiger partial charge in [0.25, 0.3) is 0 Å². The number of para-hydroxylation sites is 1. The first-order valence-corrected chi connectivity index (χ1v) is 15.7. The van der Waals surface area contributed by atoms with Crippen LogP contribution in [0.5, 0.6) is 17.2 Å². The Morgan fingerprint density at radius 3 is 2.36 bits per heavy atom. The van der Waals surface area contributed by atoms with Gasteiger partial charge in [0.15, 0.2) is 0 Å². The minimum atomic E-state index is -1.08. The molecule has 0 bridgehead atoms. The number of benzene rings is 4.